The molecule has 3 rings (SSSR count). The number of rotatable bonds is 4. The van der Waals surface area contributed by atoms with Crippen LogP contribution in [-0.4, -0.2) is 60.4 Å². The summed E-state index contributed by atoms with van der Waals surface area (Å²) in [6.07, 6.45) is -4.80. The SMILES string of the molecule is Cc1cn([C@@H]2O[C@H](COP3(=O)CP(=O)(O)OP(=O)(O)O3)C(O)[C@@H]2O)c(=O)nc1N. The lowest BCUT2D eigenvalue weighted by atomic mass is 10.1. The smallest absolute Gasteiger partial charge is 0.387 e. The second-order valence-electron chi connectivity index (χ2n) is 6.36. The summed E-state index contributed by atoms with van der Waals surface area (Å²) >= 11 is 0. The maximum absolute atomic E-state index is 12.4. The Bertz CT molecular complexity index is 985. The molecule has 1 aromatic heterocycles. The van der Waals surface area contributed by atoms with Crippen LogP contribution in [0, 0.1) is 6.92 Å². The molecule has 18 heteroatoms. The Morgan fingerprint density at radius 1 is 1.28 bits per heavy atom. The number of aliphatic hydroxyl groups excluding tert-OH is 2. The Kier molecular flexibility index (Phi) is 5.98. The van der Waals surface area contributed by atoms with E-state index in [0.717, 1.165) is 4.57 Å². The van der Waals surface area contributed by atoms with E-state index >= 15 is 0 Å². The van der Waals surface area contributed by atoms with Gasteiger partial charge in [0.15, 0.2) is 12.1 Å². The number of phosphoric acid groups is 1. The van der Waals surface area contributed by atoms with E-state index in [4.69, 9.17) is 15.0 Å². The molecule has 15 nitrogen and oxygen atoms in total. The molecule has 164 valence electrons. The van der Waals surface area contributed by atoms with Crippen LogP contribution >= 0.6 is 23.0 Å². The highest BCUT2D eigenvalue weighted by Gasteiger charge is 2.53. The normalized spacial score (nSPS) is 42.8. The minimum Gasteiger partial charge on any atom is -0.387 e. The van der Waals surface area contributed by atoms with Gasteiger partial charge in [0.1, 0.15) is 24.1 Å². The molecule has 0 aliphatic carbocycles. The number of nitrogens with zero attached hydrogens (tertiary/aromatic N) is 2. The lowest BCUT2D eigenvalue weighted by Crippen LogP contribution is -2.36. The Morgan fingerprint density at radius 3 is 2.55 bits per heavy atom. The third-order valence-corrected chi connectivity index (χ3v) is 11.1. The second-order valence-corrected chi connectivity index (χ2v) is 12.5. The Balaban J connectivity index is 1.76. The highest BCUT2D eigenvalue weighted by Crippen LogP contribution is 2.78. The van der Waals surface area contributed by atoms with E-state index in [1.54, 1.807) is 6.92 Å². The first-order valence-corrected chi connectivity index (χ1v) is 12.9. The highest BCUT2D eigenvalue weighted by atomic mass is 31.3. The van der Waals surface area contributed by atoms with Gasteiger partial charge in [-0.15, -0.1) is 0 Å². The first-order valence-electron chi connectivity index (χ1n) is 7.90. The maximum atomic E-state index is 12.4. The van der Waals surface area contributed by atoms with E-state index in [2.05, 4.69) is 13.6 Å². The molecule has 4 unspecified atom stereocenters. The van der Waals surface area contributed by atoms with Crippen molar-refractivity contribution in [3.05, 3.63) is 22.2 Å². The fraction of sp³-hybridized carbons (Fsp3) is 0.636. The second kappa shape index (κ2) is 7.63. The van der Waals surface area contributed by atoms with Gasteiger partial charge in [0.25, 0.3) is 0 Å². The zero-order chi connectivity index (χ0) is 21.8. The van der Waals surface area contributed by atoms with Crippen LogP contribution in [0.4, 0.5) is 5.82 Å². The maximum Gasteiger partial charge on any atom is 0.486 e. The molecule has 0 amide bonds. The number of nitrogen functional groups attached to an aromatic ring is 1. The minimum atomic E-state index is -5.11. The molecule has 2 aliphatic rings. The van der Waals surface area contributed by atoms with E-state index in [-0.39, 0.29) is 5.82 Å². The highest BCUT2D eigenvalue weighted by molar-refractivity contribution is 7.81. The van der Waals surface area contributed by atoms with Crippen molar-refractivity contribution in [1.29, 1.82) is 0 Å². The van der Waals surface area contributed by atoms with Crippen LogP contribution in [0.5, 0.6) is 0 Å². The monoisotopic (exact) mass is 477 g/mol. The zero-order valence-corrected chi connectivity index (χ0v) is 17.4. The van der Waals surface area contributed by atoms with Crippen molar-refractivity contribution in [2.24, 2.45) is 0 Å². The number of nitrogens with two attached hydrogens (primary N) is 1. The van der Waals surface area contributed by atoms with Gasteiger partial charge < -0.3 is 35.0 Å². The van der Waals surface area contributed by atoms with Crippen molar-refractivity contribution in [3.8, 4) is 0 Å². The predicted molar refractivity (Wildman–Crippen MR) is 93.8 cm³/mol. The number of aryl methyl sites for hydroxylation is 1. The number of ether oxygens (including phenoxy) is 1. The summed E-state index contributed by atoms with van der Waals surface area (Å²) in [5, 5.41) is 20.3. The minimum absolute atomic E-state index is 0.0317. The van der Waals surface area contributed by atoms with Gasteiger partial charge in [-0.3, -0.25) is 13.7 Å². The predicted octanol–water partition coefficient (Wildman–Crippen LogP) is -0.747. The molecule has 3 heterocycles. The molecule has 29 heavy (non-hydrogen) atoms. The van der Waals surface area contributed by atoms with E-state index in [0.29, 0.717) is 5.56 Å². The Hall–Kier alpha value is -0.950. The summed E-state index contributed by atoms with van der Waals surface area (Å²) in [6, 6.07) is 0. The standard InChI is InChI=1S/C11H18N3O12P3/c1-5-2-14(11(17)13-9(5)12)10-8(16)7(15)6(24-10)3-23-28(20)4-27(18,19)25-29(21,22)26-28/h2,6-8,10,15-16H,3-4H2,1H3,(H,18,19)(H,21,22)(H2,12,13,17)/t6-,7?,8+,10-,28?/m1/s1. The fourth-order valence-corrected chi connectivity index (χ4v) is 9.63. The summed E-state index contributed by atoms with van der Waals surface area (Å²) in [5.41, 5.74) is 5.06. The van der Waals surface area contributed by atoms with Crippen LogP contribution in [0.3, 0.4) is 0 Å². The summed E-state index contributed by atoms with van der Waals surface area (Å²) in [4.78, 5) is 34.2. The molecular formula is C11H18N3O12P3. The summed E-state index contributed by atoms with van der Waals surface area (Å²) in [7, 11) is -14.4. The molecule has 2 fully saturated rings. The summed E-state index contributed by atoms with van der Waals surface area (Å²) < 4.78 is 54.9. The zero-order valence-electron chi connectivity index (χ0n) is 14.7. The number of hydrogen-bond donors (Lipinski definition) is 5. The first-order chi connectivity index (χ1) is 13.2. The molecule has 0 bridgehead atoms. The number of hydrogen-bond acceptors (Lipinski definition) is 12. The topological polar surface area (TPSA) is 230 Å². The molecule has 6 N–H and O–H groups in total. The van der Waals surface area contributed by atoms with Crippen molar-refractivity contribution < 1.29 is 51.6 Å². The fourth-order valence-electron chi connectivity index (χ4n) is 2.71. The van der Waals surface area contributed by atoms with Gasteiger partial charge in [-0.2, -0.15) is 4.98 Å². The average molecular weight is 477 g/mol. The van der Waals surface area contributed by atoms with Crippen LogP contribution in [-0.2, 0) is 31.6 Å². The Labute approximate surface area is 162 Å². The van der Waals surface area contributed by atoms with Gasteiger partial charge in [0.05, 0.1) is 6.61 Å². The average Bonchev–Trinajstić information content (AvgIpc) is 2.81. The summed E-state index contributed by atoms with van der Waals surface area (Å²) in [5.74, 6) is -1.24. The van der Waals surface area contributed by atoms with Gasteiger partial charge in [-0.05, 0) is 6.92 Å². The van der Waals surface area contributed by atoms with Crippen LogP contribution in [0.1, 0.15) is 11.8 Å². The van der Waals surface area contributed by atoms with Gasteiger partial charge in [-0.1, -0.05) is 0 Å². The lowest BCUT2D eigenvalue weighted by Gasteiger charge is -2.28. The van der Waals surface area contributed by atoms with Crippen LogP contribution < -0.4 is 11.4 Å². The van der Waals surface area contributed by atoms with E-state index in [1.165, 1.54) is 6.20 Å². The van der Waals surface area contributed by atoms with Gasteiger partial charge in [-0.25, -0.2) is 18.0 Å². The third kappa shape index (κ3) is 4.87. The molecule has 0 spiro atoms. The van der Waals surface area contributed by atoms with Crippen molar-refractivity contribution in [2.75, 3.05) is 18.2 Å². The van der Waals surface area contributed by atoms with Crippen LogP contribution in [0.25, 0.3) is 0 Å². The number of anilines is 1. The van der Waals surface area contributed by atoms with Crippen LogP contribution in [0.2, 0.25) is 0 Å². The molecule has 0 aromatic carbocycles. The van der Waals surface area contributed by atoms with Crippen LogP contribution in [0.15, 0.2) is 11.0 Å². The molecule has 2 aliphatic heterocycles. The lowest BCUT2D eigenvalue weighted by molar-refractivity contribution is -0.0524. The van der Waals surface area contributed by atoms with E-state index < -0.39 is 65.8 Å². The molecule has 0 saturated carbocycles. The molecule has 1 aromatic rings. The van der Waals surface area contributed by atoms with Gasteiger partial charge in [0, 0.05) is 11.8 Å². The summed E-state index contributed by atoms with van der Waals surface area (Å²) in [6.45, 7) is 0.771. The van der Waals surface area contributed by atoms with Crippen molar-refractivity contribution in [3.63, 3.8) is 0 Å². The van der Waals surface area contributed by atoms with Gasteiger partial charge in [0.2, 0.25) is 0 Å². The first kappa shape index (κ1) is 22.7. The number of aromatic nitrogens is 2. The van der Waals surface area contributed by atoms with E-state index in [9.17, 15) is 38.5 Å². The molecule has 0 radical (unpaired) electrons. The van der Waals surface area contributed by atoms with E-state index in [1.807, 2.05) is 0 Å². The molecule has 2 saturated heterocycles. The third-order valence-electron chi connectivity index (χ3n) is 4.03. The molecule has 7 atom stereocenters. The quantitative estimate of drug-likeness (QED) is 0.336. The van der Waals surface area contributed by atoms with Crippen molar-refractivity contribution in [2.45, 2.75) is 31.5 Å². The Morgan fingerprint density at radius 2 is 1.93 bits per heavy atom. The van der Waals surface area contributed by atoms with Crippen molar-refractivity contribution >= 4 is 28.8 Å². The van der Waals surface area contributed by atoms with Crippen molar-refractivity contribution in [1.82, 2.24) is 9.55 Å². The molecular weight excluding hydrogens is 459 g/mol. The number of aliphatic hydroxyl groups is 2. The van der Waals surface area contributed by atoms with Gasteiger partial charge >= 0.3 is 28.7 Å². The largest absolute Gasteiger partial charge is 0.486 e.